The van der Waals surface area contributed by atoms with Gasteiger partial charge >= 0.3 is 6.18 Å². The quantitative estimate of drug-likeness (QED) is 0.686. The van der Waals surface area contributed by atoms with Crippen molar-refractivity contribution in [3.05, 3.63) is 59.7 Å². The molecule has 3 rings (SSSR count). The molecule has 3 aromatic rings. The fourth-order valence-corrected chi connectivity index (χ4v) is 2.27. The third-order valence-corrected chi connectivity index (χ3v) is 3.45. The van der Waals surface area contributed by atoms with Crippen LogP contribution in [0.5, 0.6) is 0 Å². The average Bonchev–Trinajstić information content (AvgIpc) is 2.95. The molecule has 1 aromatic heterocycles. The highest BCUT2D eigenvalue weighted by Gasteiger charge is 2.30. The van der Waals surface area contributed by atoms with Gasteiger partial charge in [0.2, 0.25) is 5.95 Å². The zero-order valence-electron chi connectivity index (χ0n) is 11.9. The van der Waals surface area contributed by atoms with Gasteiger partial charge < -0.3 is 15.4 Å². The van der Waals surface area contributed by atoms with E-state index in [0.29, 0.717) is 5.95 Å². The Morgan fingerprint density at radius 2 is 1.91 bits per heavy atom. The number of rotatable bonds is 4. The average molecular weight is 321 g/mol. The number of halogens is 3. The molecule has 120 valence electrons. The minimum Gasteiger partial charge on any atom is -0.387 e. The summed E-state index contributed by atoms with van der Waals surface area (Å²) in [5.74, 6) is 0.456. The van der Waals surface area contributed by atoms with Crippen LogP contribution >= 0.6 is 0 Å². The SMILES string of the molecule is OC(CNc1nc2ccccc2[nH]1)c1cccc(C(F)(F)F)c1. The van der Waals surface area contributed by atoms with E-state index in [1.807, 2.05) is 24.3 Å². The number of nitrogens with zero attached hydrogens (tertiary/aromatic N) is 1. The largest absolute Gasteiger partial charge is 0.416 e. The minimum atomic E-state index is -4.43. The molecule has 23 heavy (non-hydrogen) atoms. The number of fused-ring (bicyclic) bond motifs is 1. The van der Waals surface area contributed by atoms with Gasteiger partial charge in [-0.1, -0.05) is 24.3 Å². The van der Waals surface area contributed by atoms with Gasteiger partial charge in [0.15, 0.2) is 0 Å². The predicted molar refractivity (Wildman–Crippen MR) is 81.0 cm³/mol. The number of benzene rings is 2. The molecule has 0 fully saturated rings. The highest BCUT2D eigenvalue weighted by Crippen LogP contribution is 2.30. The van der Waals surface area contributed by atoms with E-state index < -0.39 is 17.8 Å². The lowest BCUT2D eigenvalue weighted by Crippen LogP contribution is -2.14. The topological polar surface area (TPSA) is 60.9 Å². The van der Waals surface area contributed by atoms with Crippen molar-refractivity contribution in [1.82, 2.24) is 9.97 Å². The number of para-hydroxylation sites is 2. The van der Waals surface area contributed by atoms with Crippen molar-refractivity contribution in [2.75, 3.05) is 11.9 Å². The number of H-pyrrole nitrogens is 1. The number of aliphatic hydroxyl groups excluding tert-OH is 1. The fourth-order valence-electron chi connectivity index (χ4n) is 2.27. The highest BCUT2D eigenvalue weighted by molar-refractivity contribution is 5.77. The molecule has 0 saturated carbocycles. The summed E-state index contributed by atoms with van der Waals surface area (Å²) in [4.78, 5) is 7.30. The molecule has 3 N–H and O–H groups in total. The molecule has 1 heterocycles. The standard InChI is InChI=1S/C16H14F3N3O/c17-16(18,19)11-5-3-4-10(8-11)14(23)9-20-15-21-12-6-1-2-7-13(12)22-15/h1-8,14,23H,9H2,(H2,20,21,22). The Morgan fingerprint density at radius 1 is 1.13 bits per heavy atom. The van der Waals surface area contributed by atoms with E-state index in [0.717, 1.165) is 23.2 Å². The molecule has 0 amide bonds. The van der Waals surface area contributed by atoms with Crippen molar-refractivity contribution in [3.8, 4) is 0 Å². The number of aromatic amines is 1. The van der Waals surface area contributed by atoms with Crippen molar-refractivity contribution in [1.29, 1.82) is 0 Å². The lowest BCUT2D eigenvalue weighted by Gasteiger charge is -2.14. The number of hydrogen-bond acceptors (Lipinski definition) is 3. The number of imidazole rings is 1. The van der Waals surface area contributed by atoms with Crippen molar-refractivity contribution in [2.45, 2.75) is 12.3 Å². The Hall–Kier alpha value is -2.54. The summed E-state index contributed by atoms with van der Waals surface area (Å²) in [7, 11) is 0. The molecule has 4 nitrogen and oxygen atoms in total. The molecule has 7 heteroatoms. The smallest absolute Gasteiger partial charge is 0.387 e. The van der Waals surface area contributed by atoms with Crippen LogP contribution in [-0.2, 0) is 6.18 Å². The number of hydrogen-bond donors (Lipinski definition) is 3. The summed E-state index contributed by atoms with van der Waals surface area (Å²) in [6.45, 7) is 0.0428. The third-order valence-electron chi connectivity index (χ3n) is 3.45. The summed E-state index contributed by atoms with van der Waals surface area (Å²) in [6.07, 6.45) is -5.51. The molecule has 1 unspecified atom stereocenters. The Bertz CT molecular complexity index is 780. The molecule has 0 saturated heterocycles. The maximum absolute atomic E-state index is 12.7. The van der Waals surface area contributed by atoms with Gasteiger partial charge in [-0.15, -0.1) is 0 Å². The van der Waals surface area contributed by atoms with Gasteiger partial charge in [-0.25, -0.2) is 4.98 Å². The van der Waals surface area contributed by atoms with Crippen LogP contribution in [-0.4, -0.2) is 21.6 Å². The Kier molecular flexibility index (Phi) is 3.96. The summed E-state index contributed by atoms with van der Waals surface area (Å²) < 4.78 is 38.1. The van der Waals surface area contributed by atoms with Crippen LogP contribution in [0.2, 0.25) is 0 Å². The molecule has 2 aromatic carbocycles. The Labute approximate surface area is 130 Å². The minimum absolute atomic E-state index is 0.0428. The van der Waals surface area contributed by atoms with Crippen LogP contribution in [0.25, 0.3) is 11.0 Å². The summed E-state index contributed by atoms with van der Waals surface area (Å²) in [5, 5.41) is 13.0. The first-order chi connectivity index (χ1) is 10.9. The molecule has 0 radical (unpaired) electrons. The second kappa shape index (κ2) is 5.92. The summed E-state index contributed by atoms with van der Waals surface area (Å²) in [6, 6.07) is 12.1. The van der Waals surface area contributed by atoms with E-state index in [2.05, 4.69) is 15.3 Å². The van der Waals surface area contributed by atoms with Gasteiger partial charge in [0, 0.05) is 6.54 Å². The normalized spacial score (nSPS) is 13.2. The van der Waals surface area contributed by atoms with Crippen LogP contribution in [0, 0.1) is 0 Å². The first kappa shape index (κ1) is 15.4. The maximum atomic E-state index is 12.7. The van der Waals surface area contributed by atoms with E-state index in [1.54, 1.807) is 0 Å². The van der Waals surface area contributed by atoms with E-state index in [4.69, 9.17) is 0 Å². The Morgan fingerprint density at radius 3 is 2.65 bits per heavy atom. The van der Waals surface area contributed by atoms with Crippen LogP contribution in [0.4, 0.5) is 19.1 Å². The predicted octanol–water partition coefficient (Wildman–Crippen LogP) is 3.73. The number of anilines is 1. The van der Waals surface area contributed by atoms with Crippen LogP contribution in [0.3, 0.4) is 0 Å². The Balaban J connectivity index is 1.70. The van der Waals surface area contributed by atoms with E-state index in [9.17, 15) is 18.3 Å². The highest BCUT2D eigenvalue weighted by atomic mass is 19.4. The molecule has 0 bridgehead atoms. The summed E-state index contributed by atoms with van der Waals surface area (Å²) in [5.41, 5.74) is 1.02. The van der Waals surface area contributed by atoms with Crippen LogP contribution in [0.1, 0.15) is 17.2 Å². The second-order valence-electron chi connectivity index (χ2n) is 5.12. The first-order valence-electron chi connectivity index (χ1n) is 6.97. The number of aliphatic hydroxyl groups is 1. The van der Waals surface area contributed by atoms with E-state index in [-0.39, 0.29) is 12.1 Å². The zero-order valence-corrected chi connectivity index (χ0v) is 11.9. The molecular formula is C16H14F3N3O. The van der Waals surface area contributed by atoms with Crippen molar-refractivity contribution < 1.29 is 18.3 Å². The first-order valence-corrected chi connectivity index (χ1v) is 6.97. The second-order valence-corrected chi connectivity index (χ2v) is 5.12. The molecule has 0 spiro atoms. The number of nitrogens with one attached hydrogen (secondary N) is 2. The molecule has 0 aliphatic heterocycles. The molecular weight excluding hydrogens is 307 g/mol. The fraction of sp³-hybridized carbons (Fsp3) is 0.188. The maximum Gasteiger partial charge on any atom is 0.416 e. The van der Waals surface area contributed by atoms with E-state index >= 15 is 0 Å². The lowest BCUT2D eigenvalue weighted by atomic mass is 10.1. The monoisotopic (exact) mass is 321 g/mol. The van der Waals surface area contributed by atoms with Gasteiger partial charge in [0.25, 0.3) is 0 Å². The zero-order chi connectivity index (χ0) is 16.4. The van der Waals surface area contributed by atoms with Gasteiger partial charge in [0.1, 0.15) is 0 Å². The van der Waals surface area contributed by atoms with Crippen LogP contribution in [0.15, 0.2) is 48.5 Å². The van der Waals surface area contributed by atoms with Gasteiger partial charge in [-0.05, 0) is 29.8 Å². The van der Waals surface area contributed by atoms with Crippen molar-refractivity contribution in [3.63, 3.8) is 0 Å². The van der Waals surface area contributed by atoms with E-state index in [1.165, 1.54) is 12.1 Å². The van der Waals surface area contributed by atoms with Crippen LogP contribution < -0.4 is 5.32 Å². The van der Waals surface area contributed by atoms with Crippen molar-refractivity contribution in [2.24, 2.45) is 0 Å². The van der Waals surface area contributed by atoms with Crippen molar-refractivity contribution >= 4 is 17.0 Å². The third kappa shape index (κ3) is 3.45. The molecule has 0 aliphatic rings. The van der Waals surface area contributed by atoms with Gasteiger partial charge in [-0.2, -0.15) is 13.2 Å². The molecule has 0 aliphatic carbocycles. The van der Waals surface area contributed by atoms with Gasteiger partial charge in [0.05, 0.1) is 22.7 Å². The number of aromatic nitrogens is 2. The lowest BCUT2D eigenvalue weighted by molar-refractivity contribution is -0.137. The molecule has 1 atom stereocenters. The van der Waals surface area contributed by atoms with Gasteiger partial charge in [-0.3, -0.25) is 0 Å². The summed E-state index contributed by atoms with van der Waals surface area (Å²) >= 11 is 0. The number of alkyl halides is 3.